The van der Waals surface area contributed by atoms with Gasteiger partial charge in [-0.15, -0.1) is 0 Å². The number of halogens is 3. The maximum atomic E-state index is 12.2. The third-order valence-corrected chi connectivity index (χ3v) is 3.19. The van der Waals surface area contributed by atoms with Crippen LogP contribution in [0.15, 0.2) is 18.3 Å². The van der Waals surface area contributed by atoms with E-state index in [2.05, 4.69) is 4.98 Å². The number of aromatic nitrogens is 1. The average Bonchev–Trinajstić information content (AvgIpc) is 2.28. The van der Waals surface area contributed by atoms with Crippen LogP contribution >= 0.6 is 23.8 Å². The molecule has 0 aliphatic heterocycles. The number of rotatable bonds is 4. The third-order valence-electron chi connectivity index (χ3n) is 1.59. The zero-order valence-electron chi connectivity index (χ0n) is 8.65. The number of carbonyl (C=O) groups is 1. The van der Waals surface area contributed by atoms with Crippen LogP contribution < -0.4 is 0 Å². The lowest BCUT2D eigenvalue weighted by atomic mass is 10.2. The van der Waals surface area contributed by atoms with Crippen molar-refractivity contribution >= 4 is 29.8 Å². The molecule has 1 aromatic rings. The number of thioether (sulfide) groups is 1. The highest BCUT2D eigenvalue weighted by molar-refractivity contribution is 8.13. The average molecular weight is 283 g/mol. The van der Waals surface area contributed by atoms with Crippen molar-refractivity contribution in [2.24, 2.45) is 0 Å². The maximum Gasteiger partial charge on any atom is 0.433 e. The topological polar surface area (TPSA) is 39.2 Å². The smallest absolute Gasteiger partial charge is 0.387 e. The van der Waals surface area contributed by atoms with Gasteiger partial charge in [0.25, 0.3) is 0 Å². The van der Waals surface area contributed by atoms with Crippen molar-refractivity contribution in [3.63, 3.8) is 0 Å². The second kappa shape index (κ2) is 6.15. The fourth-order valence-electron chi connectivity index (χ4n) is 0.856. The van der Waals surface area contributed by atoms with E-state index in [0.717, 1.165) is 30.4 Å². The van der Waals surface area contributed by atoms with Gasteiger partial charge in [0.15, 0.2) is 0 Å². The first-order valence-corrected chi connectivity index (χ1v) is 6.61. The van der Waals surface area contributed by atoms with Gasteiger partial charge >= 0.3 is 12.1 Å². The summed E-state index contributed by atoms with van der Waals surface area (Å²) < 4.78 is 41.3. The molecule has 94 valence electrons. The van der Waals surface area contributed by atoms with Crippen LogP contribution in [0.5, 0.6) is 0 Å². The Morgan fingerprint density at radius 1 is 1.47 bits per heavy atom. The Kier molecular flexibility index (Phi) is 5.13. The molecule has 0 aliphatic carbocycles. The normalized spacial score (nSPS) is 11.3. The molecule has 1 heterocycles. The van der Waals surface area contributed by atoms with E-state index in [4.69, 9.17) is 4.18 Å². The summed E-state index contributed by atoms with van der Waals surface area (Å²) in [5, 5.41) is 0.555. The molecular weight excluding hydrogens is 275 g/mol. The van der Waals surface area contributed by atoms with Crippen molar-refractivity contribution in [1.82, 2.24) is 4.98 Å². The molecule has 0 radical (unpaired) electrons. The van der Waals surface area contributed by atoms with Crippen LogP contribution in [0, 0.1) is 0 Å². The predicted octanol–water partition coefficient (Wildman–Crippen LogP) is 3.23. The summed E-state index contributed by atoms with van der Waals surface area (Å²) in [5.41, 5.74) is -1.04. The molecule has 1 rings (SSSR count). The number of pyridine rings is 1. The zero-order valence-corrected chi connectivity index (χ0v) is 10.3. The summed E-state index contributed by atoms with van der Waals surface area (Å²) in [6.07, 6.45) is -1.82. The Morgan fingerprint density at radius 2 is 2.18 bits per heavy atom. The largest absolute Gasteiger partial charge is 0.433 e. The molecule has 0 aliphatic rings. The van der Waals surface area contributed by atoms with Crippen LogP contribution in [0.1, 0.15) is 16.1 Å². The Labute approximate surface area is 104 Å². The molecule has 0 amide bonds. The number of hydrogen-bond acceptors (Lipinski definition) is 5. The second-order valence-electron chi connectivity index (χ2n) is 2.83. The summed E-state index contributed by atoms with van der Waals surface area (Å²) in [6, 6.07) is 1.79. The van der Waals surface area contributed by atoms with Gasteiger partial charge in [0.05, 0.1) is 22.7 Å². The van der Waals surface area contributed by atoms with E-state index < -0.39 is 17.8 Å². The van der Waals surface area contributed by atoms with Gasteiger partial charge in [-0.3, -0.25) is 4.98 Å². The van der Waals surface area contributed by atoms with Crippen molar-refractivity contribution in [3.05, 3.63) is 29.6 Å². The van der Waals surface area contributed by atoms with Crippen LogP contribution in [0.4, 0.5) is 13.2 Å². The molecule has 0 N–H and O–H groups in total. The molecule has 0 saturated carbocycles. The van der Waals surface area contributed by atoms with Crippen molar-refractivity contribution in [2.75, 3.05) is 11.3 Å². The molecule has 0 atom stereocenters. The third kappa shape index (κ3) is 4.47. The maximum absolute atomic E-state index is 12.2. The highest BCUT2D eigenvalue weighted by atomic mass is 32.2. The predicted molar refractivity (Wildman–Crippen MR) is 60.6 cm³/mol. The summed E-state index contributed by atoms with van der Waals surface area (Å²) in [5.74, 6) is -0.703. The van der Waals surface area contributed by atoms with Gasteiger partial charge in [-0.25, -0.2) is 4.79 Å². The van der Waals surface area contributed by atoms with E-state index in [1.807, 2.05) is 6.26 Å². The number of alkyl halides is 3. The molecule has 0 bridgehead atoms. The van der Waals surface area contributed by atoms with Crippen LogP contribution in [-0.2, 0) is 10.4 Å². The lowest BCUT2D eigenvalue weighted by Crippen LogP contribution is -2.09. The van der Waals surface area contributed by atoms with Crippen LogP contribution in [0.25, 0.3) is 0 Å². The first-order chi connectivity index (χ1) is 7.95. The Hall–Kier alpha value is -0.890. The van der Waals surface area contributed by atoms with Crippen molar-refractivity contribution in [1.29, 1.82) is 0 Å². The van der Waals surface area contributed by atoms with E-state index >= 15 is 0 Å². The molecule has 17 heavy (non-hydrogen) atoms. The molecule has 0 unspecified atom stereocenters. The highest BCUT2D eigenvalue weighted by Gasteiger charge is 2.32. The zero-order chi connectivity index (χ0) is 12.9. The molecule has 0 aromatic carbocycles. The molecule has 1 aromatic heterocycles. The first kappa shape index (κ1) is 14.2. The molecule has 0 saturated heterocycles. The summed E-state index contributed by atoms with van der Waals surface area (Å²) in [6.45, 7) is 0. The van der Waals surface area contributed by atoms with Gasteiger partial charge in [-0.1, -0.05) is 0 Å². The number of carbonyl (C=O) groups excluding carboxylic acids is 1. The Bertz CT molecular complexity index is 381. The minimum atomic E-state index is -4.50. The first-order valence-electron chi connectivity index (χ1n) is 4.31. The van der Waals surface area contributed by atoms with Crippen molar-refractivity contribution in [3.8, 4) is 0 Å². The molecule has 8 heteroatoms. The van der Waals surface area contributed by atoms with Gasteiger partial charge in [0.2, 0.25) is 0 Å². The SMILES string of the molecule is CSCSOC(=O)c1ccc(C(F)(F)F)nc1. The minimum absolute atomic E-state index is 0.00777. The lowest BCUT2D eigenvalue weighted by molar-refractivity contribution is -0.141. The molecule has 3 nitrogen and oxygen atoms in total. The summed E-state index contributed by atoms with van der Waals surface area (Å²) in [7, 11) is 0. The summed E-state index contributed by atoms with van der Waals surface area (Å²) in [4.78, 5) is 14.5. The van der Waals surface area contributed by atoms with Crippen LogP contribution in [-0.4, -0.2) is 22.3 Å². The van der Waals surface area contributed by atoms with Crippen LogP contribution in [0.3, 0.4) is 0 Å². The summed E-state index contributed by atoms with van der Waals surface area (Å²) >= 11 is 2.40. The van der Waals surface area contributed by atoms with Gasteiger partial charge < -0.3 is 4.18 Å². The van der Waals surface area contributed by atoms with E-state index in [9.17, 15) is 18.0 Å². The standard InChI is InChI=1S/C9H8F3NO2S2/c1-16-5-17-15-8(14)6-2-3-7(13-4-6)9(10,11)12/h2-4H,5H2,1H3. The number of nitrogens with zero attached hydrogens (tertiary/aromatic N) is 1. The van der Waals surface area contributed by atoms with Gasteiger partial charge in [0.1, 0.15) is 5.69 Å². The molecular formula is C9H8F3NO2S2. The van der Waals surface area contributed by atoms with Crippen molar-refractivity contribution in [2.45, 2.75) is 6.18 Å². The fraction of sp³-hybridized carbons (Fsp3) is 0.333. The van der Waals surface area contributed by atoms with Gasteiger partial charge in [-0.05, 0) is 18.4 Å². The number of hydrogen-bond donors (Lipinski definition) is 0. The Balaban J connectivity index is 2.64. The quantitative estimate of drug-likeness (QED) is 0.482. The highest BCUT2D eigenvalue weighted by Crippen LogP contribution is 2.27. The van der Waals surface area contributed by atoms with Gasteiger partial charge in [0, 0.05) is 6.20 Å². The molecule has 0 spiro atoms. The van der Waals surface area contributed by atoms with Crippen LogP contribution in [0.2, 0.25) is 0 Å². The molecule has 0 fully saturated rings. The van der Waals surface area contributed by atoms with E-state index in [1.54, 1.807) is 0 Å². The fourth-order valence-corrected chi connectivity index (χ4v) is 1.64. The van der Waals surface area contributed by atoms with E-state index in [0.29, 0.717) is 5.08 Å². The lowest BCUT2D eigenvalue weighted by Gasteiger charge is -2.05. The van der Waals surface area contributed by atoms with E-state index in [1.165, 1.54) is 11.8 Å². The Morgan fingerprint density at radius 3 is 2.65 bits per heavy atom. The minimum Gasteiger partial charge on any atom is -0.387 e. The second-order valence-corrected chi connectivity index (χ2v) is 4.75. The van der Waals surface area contributed by atoms with Crippen molar-refractivity contribution < 1.29 is 22.1 Å². The van der Waals surface area contributed by atoms with Gasteiger partial charge in [-0.2, -0.15) is 24.9 Å². The monoisotopic (exact) mass is 283 g/mol. The van der Waals surface area contributed by atoms with E-state index in [-0.39, 0.29) is 5.56 Å².